The highest BCUT2D eigenvalue weighted by molar-refractivity contribution is 7.85. The fraction of sp³-hybridized carbons (Fsp3) is 0.294. The summed E-state index contributed by atoms with van der Waals surface area (Å²) >= 11 is 0. The Hall–Kier alpha value is -1.45. The average Bonchev–Trinajstić information content (AvgIpc) is 3.26. The summed E-state index contributed by atoms with van der Waals surface area (Å²) in [6.07, 6.45) is 2.05. The Morgan fingerprint density at radius 1 is 1.05 bits per heavy atom. The maximum atomic E-state index is 12.3. The van der Waals surface area contributed by atoms with Crippen molar-refractivity contribution < 1.29 is 8.95 Å². The molecule has 0 aliphatic carbocycles. The van der Waals surface area contributed by atoms with Gasteiger partial charge in [-0.1, -0.05) is 48.0 Å². The first-order chi connectivity index (χ1) is 9.74. The Balaban J connectivity index is 1.54. The van der Waals surface area contributed by atoms with Crippen molar-refractivity contribution in [1.29, 1.82) is 0 Å². The Morgan fingerprint density at radius 3 is 2.45 bits per heavy atom. The SMILES string of the molecule is Cc1ccc([S@](=O)[C@@H]2O[C@H]2CCc2ccccc2)cc1. The Bertz CT molecular complexity index is 592. The van der Waals surface area contributed by atoms with Crippen molar-refractivity contribution in [2.75, 3.05) is 0 Å². The summed E-state index contributed by atoms with van der Waals surface area (Å²) in [5.74, 6) is 0. The molecule has 0 N–H and O–H groups in total. The molecule has 2 aromatic rings. The third kappa shape index (κ3) is 3.17. The molecular formula is C17H18O2S. The molecule has 0 bridgehead atoms. The maximum Gasteiger partial charge on any atom is 0.163 e. The lowest BCUT2D eigenvalue weighted by molar-refractivity contribution is 0.387. The van der Waals surface area contributed by atoms with Crippen molar-refractivity contribution in [3.8, 4) is 0 Å². The van der Waals surface area contributed by atoms with Crippen molar-refractivity contribution in [3.05, 3.63) is 65.7 Å². The smallest absolute Gasteiger partial charge is 0.163 e. The van der Waals surface area contributed by atoms with Crippen LogP contribution in [0, 0.1) is 6.92 Å². The molecule has 1 aliphatic rings. The third-order valence-corrected chi connectivity index (χ3v) is 5.13. The van der Waals surface area contributed by atoms with Gasteiger partial charge >= 0.3 is 0 Å². The van der Waals surface area contributed by atoms with Gasteiger partial charge in [-0.3, -0.25) is 4.21 Å². The van der Waals surface area contributed by atoms with Gasteiger partial charge in [-0.25, -0.2) is 0 Å². The number of benzene rings is 2. The minimum atomic E-state index is -1.04. The van der Waals surface area contributed by atoms with Crippen LogP contribution in [-0.4, -0.2) is 15.7 Å². The molecule has 3 rings (SSSR count). The van der Waals surface area contributed by atoms with E-state index in [9.17, 15) is 4.21 Å². The van der Waals surface area contributed by atoms with E-state index in [1.807, 2.05) is 49.4 Å². The van der Waals surface area contributed by atoms with Crippen LogP contribution in [0.2, 0.25) is 0 Å². The van der Waals surface area contributed by atoms with Gasteiger partial charge < -0.3 is 4.74 Å². The predicted octanol–water partition coefficient (Wildman–Crippen LogP) is 3.46. The topological polar surface area (TPSA) is 29.6 Å². The molecule has 1 aliphatic heterocycles. The second-order valence-corrected chi connectivity index (χ2v) is 6.71. The monoisotopic (exact) mass is 286 g/mol. The van der Waals surface area contributed by atoms with Crippen molar-refractivity contribution in [1.82, 2.24) is 0 Å². The predicted molar refractivity (Wildman–Crippen MR) is 81.0 cm³/mol. The summed E-state index contributed by atoms with van der Waals surface area (Å²) in [4.78, 5) is 0.864. The lowest BCUT2D eigenvalue weighted by Gasteiger charge is -2.00. The molecule has 1 saturated heterocycles. The van der Waals surface area contributed by atoms with E-state index in [2.05, 4.69) is 12.1 Å². The number of rotatable bonds is 5. The molecule has 104 valence electrons. The van der Waals surface area contributed by atoms with E-state index in [0.29, 0.717) is 0 Å². The van der Waals surface area contributed by atoms with E-state index >= 15 is 0 Å². The molecule has 0 spiro atoms. The molecule has 0 amide bonds. The third-order valence-electron chi connectivity index (χ3n) is 3.56. The zero-order valence-electron chi connectivity index (χ0n) is 11.5. The zero-order valence-corrected chi connectivity index (χ0v) is 12.3. The summed E-state index contributed by atoms with van der Waals surface area (Å²) in [6.45, 7) is 2.03. The quantitative estimate of drug-likeness (QED) is 0.788. The van der Waals surface area contributed by atoms with Crippen LogP contribution in [0.5, 0.6) is 0 Å². The minimum absolute atomic E-state index is 0.124. The normalized spacial score (nSPS) is 22.4. The molecule has 1 fully saturated rings. The molecule has 0 saturated carbocycles. The van der Waals surface area contributed by atoms with Crippen molar-refractivity contribution >= 4 is 10.8 Å². The molecule has 1 heterocycles. The fourth-order valence-corrected chi connectivity index (χ4v) is 3.61. The maximum absolute atomic E-state index is 12.3. The summed E-state index contributed by atoms with van der Waals surface area (Å²) in [6, 6.07) is 18.2. The minimum Gasteiger partial charge on any atom is -0.355 e. The van der Waals surface area contributed by atoms with Gasteiger partial charge in [0.05, 0.1) is 16.9 Å². The Kier molecular flexibility index (Phi) is 3.99. The zero-order chi connectivity index (χ0) is 13.9. The van der Waals surface area contributed by atoms with Crippen molar-refractivity contribution in [3.63, 3.8) is 0 Å². The summed E-state index contributed by atoms with van der Waals surface area (Å²) < 4.78 is 17.9. The molecule has 3 atom stereocenters. The molecule has 3 heteroatoms. The van der Waals surface area contributed by atoms with E-state index in [1.165, 1.54) is 11.1 Å². The largest absolute Gasteiger partial charge is 0.355 e. The summed E-state index contributed by atoms with van der Waals surface area (Å²) in [7, 11) is -1.04. The van der Waals surface area contributed by atoms with Crippen molar-refractivity contribution in [2.24, 2.45) is 0 Å². The van der Waals surface area contributed by atoms with Crippen molar-refractivity contribution in [2.45, 2.75) is 36.2 Å². The highest BCUT2D eigenvalue weighted by Gasteiger charge is 2.43. The fourth-order valence-electron chi connectivity index (χ4n) is 2.28. The standard InChI is InChI=1S/C17H18O2S/c1-13-7-10-15(11-8-13)20(18)17-16(19-17)12-9-14-5-3-2-4-6-14/h2-8,10-11,16-17H,9,12H2,1H3/t16-,17-,20-/m0/s1. The first kappa shape index (κ1) is 13.5. The summed E-state index contributed by atoms with van der Waals surface area (Å²) in [5, 5.41) is 0. The Morgan fingerprint density at radius 2 is 1.75 bits per heavy atom. The van der Waals surface area contributed by atoms with Crippen LogP contribution >= 0.6 is 0 Å². The van der Waals surface area contributed by atoms with Gasteiger partial charge in [0.2, 0.25) is 0 Å². The molecule has 2 aromatic carbocycles. The average molecular weight is 286 g/mol. The lowest BCUT2D eigenvalue weighted by atomic mass is 10.1. The molecule has 0 radical (unpaired) electrons. The van der Waals surface area contributed by atoms with Crippen LogP contribution < -0.4 is 0 Å². The highest BCUT2D eigenvalue weighted by Crippen LogP contribution is 2.32. The first-order valence-corrected chi connectivity index (χ1v) is 8.12. The van der Waals surface area contributed by atoms with Gasteiger partial charge in [-0.2, -0.15) is 0 Å². The van der Waals surface area contributed by atoms with E-state index in [1.54, 1.807) is 0 Å². The van der Waals surface area contributed by atoms with Crippen LogP contribution in [0.15, 0.2) is 59.5 Å². The number of ether oxygens (including phenoxy) is 1. The lowest BCUT2D eigenvalue weighted by Crippen LogP contribution is -2.04. The van der Waals surface area contributed by atoms with E-state index in [-0.39, 0.29) is 11.5 Å². The van der Waals surface area contributed by atoms with Gasteiger partial charge in [0.25, 0.3) is 0 Å². The molecule has 2 nitrogen and oxygen atoms in total. The Labute approximate surface area is 122 Å². The van der Waals surface area contributed by atoms with E-state index in [0.717, 1.165) is 17.7 Å². The second kappa shape index (κ2) is 5.90. The molecule has 0 unspecified atom stereocenters. The van der Waals surface area contributed by atoms with Gasteiger partial charge in [-0.15, -0.1) is 0 Å². The van der Waals surface area contributed by atoms with E-state index in [4.69, 9.17) is 4.74 Å². The molecule has 0 aromatic heterocycles. The number of hydrogen-bond donors (Lipinski definition) is 0. The van der Waals surface area contributed by atoms with Gasteiger partial charge in [-0.05, 0) is 37.5 Å². The van der Waals surface area contributed by atoms with Crippen LogP contribution in [0.25, 0.3) is 0 Å². The highest BCUT2D eigenvalue weighted by atomic mass is 32.2. The van der Waals surface area contributed by atoms with Gasteiger partial charge in [0, 0.05) is 4.90 Å². The first-order valence-electron chi connectivity index (χ1n) is 6.91. The second-order valence-electron chi connectivity index (χ2n) is 5.18. The number of epoxide rings is 1. The summed E-state index contributed by atoms with van der Waals surface area (Å²) in [5.41, 5.74) is 2.37. The van der Waals surface area contributed by atoms with Crippen LogP contribution in [0.1, 0.15) is 17.5 Å². The van der Waals surface area contributed by atoms with Gasteiger partial charge in [0.1, 0.15) is 0 Å². The molecule has 20 heavy (non-hydrogen) atoms. The van der Waals surface area contributed by atoms with Crippen LogP contribution in [0.3, 0.4) is 0 Å². The number of hydrogen-bond acceptors (Lipinski definition) is 2. The van der Waals surface area contributed by atoms with E-state index < -0.39 is 10.8 Å². The van der Waals surface area contributed by atoms with Gasteiger partial charge in [0.15, 0.2) is 5.44 Å². The van der Waals surface area contributed by atoms with Crippen LogP contribution in [0.4, 0.5) is 0 Å². The molecular weight excluding hydrogens is 268 g/mol. The number of aryl methyl sites for hydroxylation is 2. The van der Waals surface area contributed by atoms with Crippen LogP contribution in [-0.2, 0) is 22.0 Å².